The van der Waals surface area contributed by atoms with Gasteiger partial charge in [-0.05, 0) is 51.4 Å². The van der Waals surface area contributed by atoms with Crippen molar-refractivity contribution in [2.24, 2.45) is 11.7 Å². The molecule has 0 atom stereocenters. The van der Waals surface area contributed by atoms with Gasteiger partial charge in [-0.2, -0.15) is 4.31 Å². The minimum absolute atomic E-state index is 0.0311. The van der Waals surface area contributed by atoms with Gasteiger partial charge in [-0.15, -0.1) is 0 Å². The molecule has 0 spiro atoms. The summed E-state index contributed by atoms with van der Waals surface area (Å²) < 4.78 is 27.1. The van der Waals surface area contributed by atoms with Crippen LogP contribution in [0, 0.1) is 19.8 Å². The molecule has 0 radical (unpaired) electrons. The molecule has 2 saturated heterocycles. The van der Waals surface area contributed by atoms with Crippen LogP contribution in [0.5, 0.6) is 0 Å². The molecule has 2 fully saturated rings. The van der Waals surface area contributed by atoms with Gasteiger partial charge in [0.15, 0.2) is 0 Å². The number of nitrogens with two attached hydrogens (primary N) is 1. The summed E-state index contributed by atoms with van der Waals surface area (Å²) in [6.07, 6.45) is 1.55. The van der Waals surface area contributed by atoms with E-state index in [2.05, 4.69) is 4.90 Å². The number of primary amides is 1. The Labute approximate surface area is 143 Å². The van der Waals surface area contributed by atoms with Crippen LogP contribution in [-0.4, -0.2) is 55.8 Å². The second-order valence-corrected chi connectivity index (χ2v) is 8.86. The van der Waals surface area contributed by atoms with Crippen LogP contribution >= 0.6 is 0 Å². The highest BCUT2D eigenvalue weighted by atomic mass is 32.2. The van der Waals surface area contributed by atoms with E-state index in [9.17, 15) is 13.2 Å². The maximum absolute atomic E-state index is 12.8. The number of benzene rings is 1. The molecule has 0 saturated carbocycles. The molecule has 7 heteroatoms. The van der Waals surface area contributed by atoms with Gasteiger partial charge in [0, 0.05) is 25.0 Å². The predicted molar refractivity (Wildman–Crippen MR) is 92.0 cm³/mol. The summed E-state index contributed by atoms with van der Waals surface area (Å²) in [5.41, 5.74) is 7.21. The number of aryl methyl sites for hydroxylation is 2. The van der Waals surface area contributed by atoms with E-state index in [1.54, 1.807) is 10.4 Å². The first-order valence-corrected chi connectivity index (χ1v) is 9.84. The van der Waals surface area contributed by atoms with Gasteiger partial charge in [-0.3, -0.25) is 9.69 Å². The lowest BCUT2D eigenvalue weighted by Gasteiger charge is -2.46. The van der Waals surface area contributed by atoms with Crippen LogP contribution in [0.1, 0.15) is 24.0 Å². The molecule has 2 heterocycles. The number of carbonyl (C=O) groups is 1. The summed E-state index contributed by atoms with van der Waals surface area (Å²) in [6, 6.07) is 5.69. The Balaban J connectivity index is 1.61. The molecule has 132 valence electrons. The molecule has 2 aliphatic heterocycles. The second kappa shape index (κ2) is 6.46. The van der Waals surface area contributed by atoms with Crippen LogP contribution in [0.15, 0.2) is 23.1 Å². The average molecular weight is 351 g/mol. The molecule has 6 nitrogen and oxygen atoms in total. The van der Waals surface area contributed by atoms with E-state index in [1.807, 2.05) is 26.0 Å². The minimum atomic E-state index is -3.41. The van der Waals surface area contributed by atoms with Gasteiger partial charge in [0.2, 0.25) is 15.9 Å². The first-order chi connectivity index (χ1) is 11.3. The van der Waals surface area contributed by atoms with Crippen molar-refractivity contribution in [3.63, 3.8) is 0 Å². The monoisotopic (exact) mass is 351 g/mol. The average Bonchev–Trinajstić information content (AvgIpc) is 2.45. The van der Waals surface area contributed by atoms with Crippen LogP contribution in [0.25, 0.3) is 0 Å². The standard InChI is InChI=1S/C17H25N3O3S/c1-12-3-4-16(13(2)9-12)24(22,23)20-10-15(11-20)19-7-5-14(6-8-19)17(18)21/h3-4,9,14-15H,5-8,10-11H2,1-2H3,(H2,18,21). The van der Waals surface area contributed by atoms with Gasteiger partial charge in [0.25, 0.3) is 0 Å². The fraction of sp³-hybridized carbons (Fsp3) is 0.588. The molecule has 1 aromatic carbocycles. The Morgan fingerprint density at radius 3 is 2.33 bits per heavy atom. The van der Waals surface area contributed by atoms with Crippen molar-refractivity contribution in [3.05, 3.63) is 29.3 Å². The highest BCUT2D eigenvalue weighted by Gasteiger charge is 2.41. The number of sulfonamides is 1. The third kappa shape index (κ3) is 3.20. The molecular formula is C17H25N3O3S. The van der Waals surface area contributed by atoms with Crippen molar-refractivity contribution < 1.29 is 13.2 Å². The van der Waals surface area contributed by atoms with E-state index in [-0.39, 0.29) is 17.9 Å². The van der Waals surface area contributed by atoms with Crippen LogP contribution < -0.4 is 5.73 Å². The van der Waals surface area contributed by atoms with E-state index in [0.29, 0.717) is 18.0 Å². The van der Waals surface area contributed by atoms with Crippen LogP contribution in [0.3, 0.4) is 0 Å². The third-order valence-corrected chi connectivity index (χ3v) is 7.22. The molecule has 1 aromatic rings. The zero-order valence-corrected chi connectivity index (χ0v) is 15.1. The molecule has 0 bridgehead atoms. The molecule has 1 amide bonds. The zero-order chi connectivity index (χ0) is 17.5. The highest BCUT2D eigenvalue weighted by Crippen LogP contribution is 2.29. The molecule has 2 aliphatic rings. The van der Waals surface area contributed by atoms with Gasteiger partial charge in [-0.1, -0.05) is 17.7 Å². The number of piperidine rings is 1. The van der Waals surface area contributed by atoms with Gasteiger partial charge in [-0.25, -0.2) is 8.42 Å². The van der Waals surface area contributed by atoms with Crippen molar-refractivity contribution >= 4 is 15.9 Å². The third-order valence-electron chi connectivity index (χ3n) is 5.23. The molecule has 0 unspecified atom stereocenters. The Morgan fingerprint density at radius 1 is 1.17 bits per heavy atom. The molecular weight excluding hydrogens is 326 g/mol. The normalized spacial score (nSPS) is 21.6. The fourth-order valence-electron chi connectivity index (χ4n) is 3.62. The lowest BCUT2D eigenvalue weighted by Crippen LogP contribution is -2.62. The van der Waals surface area contributed by atoms with Crippen molar-refractivity contribution in [2.45, 2.75) is 37.6 Å². The number of carbonyl (C=O) groups excluding carboxylic acids is 1. The van der Waals surface area contributed by atoms with E-state index >= 15 is 0 Å². The zero-order valence-electron chi connectivity index (χ0n) is 14.2. The molecule has 3 rings (SSSR count). The van der Waals surface area contributed by atoms with Gasteiger partial charge in [0.05, 0.1) is 4.90 Å². The van der Waals surface area contributed by atoms with Crippen LogP contribution in [0.4, 0.5) is 0 Å². The number of nitrogens with zero attached hydrogens (tertiary/aromatic N) is 2. The van der Waals surface area contributed by atoms with Crippen molar-refractivity contribution in [1.29, 1.82) is 0 Å². The van der Waals surface area contributed by atoms with E-state index in [4.69, 9.17) is 5.73 Å². The second-order valence-electron chi connectivity index (χ2n) is 6.96. The number of likely N-dealkylation sites (tertiary alicyclic amines) is 1. The van der Waals surface area contributed by atoms with Crippen LogP contribution in [0.2, 0.25) is 0 Å². The maximum atomic E-state index is 12.8. The number of rotatable bonds is 4. The SMILES string of the molecule is Cc1ccc(S(=O)(=O)N2CC(N3CCC(C(N)=O)CC3)C2)c(C)c1. The summed E-state index contributed by atoms with van der Waals surface area (Å²) in [7, 11) is -3.41. The first-order valence-electron chi connectivity index (χ1n) is 8.40. The smallest absolute Gasteiger partial charge is 0.243 e. The highest BCUT2D eigenvalue weighted by molar-refractivity contribution is 7.89. The number of hydrogen-bond acceptors (Lipinski definition) is 4. The quantitative estimate of drug-likeness (QED) is 0.873. The Kier molecular flexibility index (Phi) is 4.68. The van der Waals surface area contributed by atoms with Crippen molar-refractivity contribution in [2.75, 3.05) is 26.2 Å². The summed E-state index contributed by atoms with van der Waals surface area (Å²) in [4.78, 5) is 13.9. The largest absolute Gasteiger partial charge is 0.369 e. The Bertz CT molecular complexity index is 733. The topological polar surface area (TPSA) is 83.7 Å². The van der Waals surface area contributed by atoms with E-state index < -0.39 is 10.0 Å². The summed E-state index contributed by atoms with van der Waals surface area (Å²) in [5.74, 6) is -0.251. The number of hydrogen-bond donors (Lipinski definition) is 1. The molecule has 0 aromatic heterocycles. The minimum Gasteiger partial charge on any atom is -0.369 e. The van der Waals surface area contributed by atoms with Gasteiger partial charge >= 0.3 is 0 Å². The lowest BCUT2D eigenvalue weighted by molar-refractivity contribution is -0.123. The van der Waals surface area contributed by atoms with Gasteiger partial charge in [0.1, 0.15) is 0 Å². The van der Waals surface area contributed by atoms with E-state index in [1.165, 1.54) is 0 Å². The summed E-state index contributed by atoms with van der Waals surface area (Å²) in [6.45, 7) is 6.48. The Hall–Kier alpha value is -1.44. The number of amides is 1. The summed E-state index contributed by atoms with van der Waals surface area (Å²) >= 11 is 0. The first kappa shape index (κ1) is 17.4. The summed E-state index contributed by atoms with van der Waals surface area (Å²) in [5, 5.41) is 0. The van der Waals surface area contributed by atoms with E-state index in [0.717, 1.165) is 37.1 Å². The maximum Gasteiger partial charge on any atom is 0.243 e. The molecule has 0 aliphatic carbocycles. The lowest BCUT2D eigenvalue weighted by atomic mass is 9.94. The Morgan fingerprint density at radius 2 is 1.79 bits per heavy atom. The molecule has 24 heavy (non-hydrogen) atoms. The van der Waals surface area contributed by atoms with Crippen molar-refractivity contribution in [1.82, 2.24) is 9.21 Å². The predicted octanol–water partition coefficient (Wildman–Crippen LogP) is 0.874. The molecule has 2 N–H and O–H groups in total. The van der Waals surface area contributed by atoms with Gasteiger partial charge < -0.3 is 5.73 Å². The van der Waals surface area contributed by atoms with Crippen LogP contribution in [-0.2, 0) is 14.8 Å². The van der Waals surface area contributed by atoms with Crippen molar-refractivity contribution in [3.8, 4) is 0 Å². The fourth-order valence-corrected chi connectivity index (χ4v) is 5.34.